The van der Waals surface area contributed by atoms with Gasteiger partial charge in [0.2, 0.25) is 0 Å². The van der Waals surface area contributed by atoms with Gasteiger partial charge in [0.15, 0.2) is 0 Å². The zero-order chi connectivity index (χ0) is 12.7. The Morgan fingerprint density at radius 3 is 2.41 bits per heavy atom. The third-order valence-electron chi connectivity index (χ3n) is 3.03. The maximum absolute atomic E-state index is 10.0. The number of aromatic hydroxyl groups is 1. The lowest BCUT2D eigenvalue weighted by Crippen LogP contribution is -1.96. The lowest BCUT2D eigenvalue weighted by atomic mass is 10.0. The van der Waals surface area contributed by atoms with Crippen molar-refractivity contribution < 1.29 is 9.84 Å². The van der Waals surface area contributed by atoms with Crippen molar-refractivity contribution in [2.24, 2.45) is 0 Å². The van der Waals surface area contributed by atoms with Crippen molar-refractivity contribution in [1.29, 1.82) is 0 Å². The van der Waals surface area contributed by atoms with Crippen LogP contribution in [0.5, 0.6) is 11.5 Å². The van der Waals surface area contributed by atoms with Crippen LogP contribution in [0.3, 0.4) is 0 Å². The number of ether oxygens (including phenoxy) is 1. The lowest BCUT2D eigenvalue weighted by molar-refractivity contribution is 0.397. The van der Waals surface area contributed by atoms with Crippen molar-refractivity contribution in [2.75, 3.05) is 7.11 Å². The monoisotopic (exact) mass is 236 g/mol. The maximum Gasteiger partial charge on any atom is 0.126 e. The molecular formula is C15H24O2. The van der Waals surface area contributed by atoms with Crippen molar-refractivity contribution in [2.45, 2.75) is 52.4 Å². The van der Waals surface area contributed by atoms with Gasteiger partial charge in [-0.05, 0) is 37.0 Å². The van der Waals surface area contributed by atoms with E-state index in [9.17, 15) is 5.11 Å². The van der Waals surface area contributed by atoms with Crippen molar-refractivity contribution in [3.05, 3.63) is 23.3 Å². The van der Waals surface area contributed by atoms with E-state index in [4.69, 9.17) is 4.74 Å². The first-order valence-corrected chi connectivity index (χ1v) is 6.61. The summed E-state index contributed by atoms with van der Waals surface area (Å²) in [4.78, 5) is 0. The van der Waals surface area contributed by atoms with Gasteiger partial charge < -0.3 is 9.84 Å². The molecule has 0 aliphatic rings. The SMILES string of the molecule is CCCCCc1c(O)cc(CCC)cc1OC. The molecule has 0 aromatic heterocycles. The van der Waals surface area contributed by atoms with E-state index >= 15 is 0 Å². The van der Waals surface area contributed by atoms with Gasteiger partial charge in [-0.25, -0.2) is 0 Å². The number of unbranched alkanes of at least 4 members (excludes halogenated alkanes) is 2. The molecule has 2 nitrogen and oxygen atoms in total. The normalized spacial score (nSPS) is 10.5. The Morgan fingerprint density at radius 2 is 1.82 bits per heavy atom. The quantitative estimate of drug-likeness (QED) is 0.723. The standard InChI is InChI=1S/C15H24O2/c1-4-6-7-9-13-14(16)10-12(8-5-2)11-15(13)17-3/h10-11,16H,4-9H2,1-3H3. The molecule has 1 aromatic carbocycles. The molecular weight excluding hydrogens is 212 g/mol. The van der Waals surface area contributed by atoms with E-state index in [0.29, 0.717) is 5.75 Å². The van der Waals surface area contributed by atoms with E-state index in [1.54, 1.807) is 7.11 Å². The van der Waals surface area contributed by atoms with Crippen LogP contribution >= 0.6 is 0 Å². The molecule has 0 unspecified atom stereocenters. The van der Waals surface area contributed by atoms with Crippen molar-refractivity contribution in [1.82, 2.24) is 0 Å². The topological polar surface area (TPSA) is 29.5 Å². The Balaban J connectivity index is 2.87. The second-order valence-corrected chi connectivity index (χ2v) is 4.50. The molecule has 0 saturated heterocycles. The average Bonchev–Trinajstić information content (AvgIpc) is 2.32. The molecule has 2 heteroatoms. The second kappa shape index (κ2) is 7.21. The van der Waals surface area contributed by atoms with Crippen LogP contribution in [-0.4, -0.2) is 12.2 Å². The molecule has 0 atom stereocenters. The molecule has 0 aliphatic carbocycles. The summed E-state index contributed by atoms with van der Waals surface area (Å²) in [5.74, 6) is 1.23. The van der Waals surface area contributed by atoms with Crippen LogP contribution in [0.25, 0.3) is 0 Å². The maximum atomic E-state index is 10.0. The fourth-order valence-electron chi connectivity index (χ4n) is 2.10. The molecule has 0 bridgehead atoms. The third-order valence-corrected chi connectivity index (χ3v) is 3.03. The largest absolute Gasteiger partial charge is 0.508 e. The molecule has 96 valence electrons. The van der Waals surface area contributed by atoms with Gasteiger partial charge in [-0.3, -0.25) is 0 Å². The van der Waals surface area contributed by atoms with Crippen LogP contribution in [0.1, 0.15) is 50.7 Å². The highest BCUT2D eigenvalue weighted by Crippen LogP contribution is 2.31. The van der Waals surface area contributed by atoms with Crippen molar-refractivity contribution in [3.63, 3.8) is 0 Å². The van der Waals surface area contributed by atoms with Crippen LogP contribution in [-0.2, 0) is 12.8 Å². The number of benzene rings is 1. The Bertz CT molecular complexity index is 345. The van der Waals surface area contributed by atoms with Crippen LogP contribution in [0.4, 0.5) is 0 Å². The van der Waals surface area contributed by atoms with Crippen molar-refractivity contribution in [3.8, 4) is 11.5 Å². The smallest absolute Gasteiger partial charge is 0.126 e. The molecule has 1 rings (SSSR count). The number of hydrogen-bond acceptors (Lipinski definition) is 2. The number of phenols is 1. The highest BCUT2D eigenvalue weighted by molar-refractivity contribution is 5.47. The van der Waals surface area contributed by atoms with Gasteiger partial charge in [-0.1, -0.05) is 33.1 Å². The molecule has 1 aromatic rings. The summed E-state index contributed by atoms with van der Waals surface area (Å²) in [6.07, 6.45) is 6.45. The molecule has 0 amide bonds. The van der Waals surface area contributed by atoms with Crippen LogP contribution in [0.15, 0.2) is 12.1 Å². The summed E-state index contributed by atoms with van der Waals surface area (Å²) in [7, 11) is 1.67. The number of methoxy groups -OCH3 is 1. The zero-order valence-corrected chi connectivity index (χ0v) is 11.3. The van der Waals surface area contributed by atoms with Gasteiger partial charge in [-0.15, -0.1) is 0 Å². The minimum Gasteiger partial charge on any atom is -0.508 e. The minimum absolute atomic E-state index is 0.393. The van der Waals surface area contributed by atoms with Crippen LogP contribution in [0, 0.1) is 0 Å². The van der Waals surface area contributed by atoms with Gasteiger partial charge in [0.05, 0.1) is 7.11 Å². The average molecular weight is 236 g/mol. The molecule has 0 saturated carbocycles. The van der Waals surface area contributed by atoms with Gasteiger partial charge in [-0.2, -0.15) is 0 Å². The Hall–Kier alpha value is -1.18. The van der Waals surface area contributed by atoms with E-state index in [-0.39, 0.29) is 0 Å². The van der Waals surface area contributed by atoms with E-state index in [1.807, 2.05) is 6.07 Å². The first kappa shape index (κ1) is 13.9. The van der Waals surface area contributed by atoms with Gasteiger partial charge in [0.25, 0.3) is 0 Å². The number of hydrogen-bond donors (Lipinski definition) is 1. The Labute approximate surface area is 105 Å². The van der Waals surface area contributed by atoms with E-state index in [2.05, 4.69) is 19.9 Å². The fourth-order valence-corrected chi connectivity index (χ4v) is 2.10. The fraction of sp³-hybridized carbons (Fsp3) is 0.600. The molecule has 0 radical (unpaired) electrons. The summed E-state index contributed by atoms with van der Waals surface area (Å²) in [6, 6.07) is 3.94. The summed E-state index contributed by atoms with van der Waals surface area (Å²) in [6.45, 7) is 4.32. The van der Waals surface area contributed by atoms with Crippen LogP contribution < -0.4 is 4.74 Å². The van der Waals surface area contributed by atoms with Crippen LogP contribution in [0.2, 0.25) is 0 Å². The summed E-state index contributed by atoms with van der Waals surface area (Å²) < 4.78 is 5.38. The van der Waals surface area contributed by atoms with E-state index in [0.717, 1.165) is 42.6 Å². The zero-order valence-electron chi connectivity index (χ0n) is 11.3. The highest BCUT2D eigenvalue weighted by Gasteiger charge is 2.10. The summed E-state index contributed by atoms with van der Waals surface area (Å²) in [5, 5.41) is 10.0. The lowest BCUT2D eigenvalue weighted by Gasteiger charge is -2.12. The number of rotatable bonds is 7. The van der Waals surface area contributed by atoms with Gasteiger partial charge >= 0.3 is 0 Å². The Morgan fingerprint density at radius 1 is 1.06 bits per heavy atom. The first-order valence-electron chi connectivity index (χ1n) is 6.61. The Kier molecular flexibility index (Phi) is 5.88. The van der Waals surface area contributed by atoms with Crippen molar-refractivity contribution >= 4 is 0 Å². The molecule has 17 heavy (non-hydrogen) atoms. The molecule has 0 heterocycles. The predicted molar refractivity (Wildman–Crippen MR) is 71.9 cm³/mol. The molecule has 0 spiro atoms. The second-order valence-electron chi connectivity index (χ2n) is 4.50. The molecule has 1 N–H and O–H groups in total. The highest BCUT2D eigenvalue weighted by atomic mass is 16.5. The first-order chi connectivity index (χ1) is 8.22. The minimum atomic E-state index is 0.393. The molecule has 0 aliphatic heterocycles. The van der Waals surface area contributed by atoms with Gasteiger partial charge in [0, 0.05) is 5.56 Å². The molecule has 0 fully saturated rings. The number of aryl methyl sites for hydroxylation is 1. The van der Waals surface area contributed by atoms with E-state index in [1.165, 1.54) is 12.8 Å². The number of phenolic OH excluding ortho intramolecular Hbond substituents is 1. The summed E-state index contributed by atoms with van der Waals surface area (Å²) in [5.41, 5.74) is 2.11. The third kappa shape index (κ3) is 3.95. The van der Waals surface area contributed by atoms with E-state index < -0.39 is 0 Å². The van der Waals surface area contributed by atoms with Gasteiger partial charge in [0.1, 0.15) is 11.5 Å². The predicted octanol–water partition coefficient (Wildman–Crippen LogP) is 4.09. The summed E-state index contributed by atoms with van der Waals surface area (Å²) >= 11 is 0.